The van der Waals surface area contributed by atoms with Crippen molar-refractivity contribution < 1.29 is 0 Å². The summed E-state index contributed by atoms with van der Waals surface area (Å²) in [6.07, 6.45) is 4.99. The van der Waals surface area contributed by atoms with E-state index in [9.17, 15) is 0 Å². The van der Waals surface area contributed by atoms with Crippen LogP contribution in [0.2, 0.25) is 0 Å². The van der Waals surface area contributed by atoms with Gasteiger partial charge in [0.15, 0.2) is 0 Å². The van der Waals surface area contributed by atoms with E-state index in [0.29, 0.717) is 0 Å². The highest BCUT2D eigenvalue weighted by molar-refractivity contribution is 5.30. The summed E-state index contributed by atoms with van der Waals surface area (Å²) >= 11 is 0. The highest BCUT2D eigenvalue weighted by Gasteiger charge is 2.09. The number of hydrogen-bond acceptors (Lipinski definition) is 4. The first-order valence-corrected chi connectivity index (χ1v) is 5.59. The van der Waals surface area contributed by atoms with Gasteiger partial charge in [-0.2, -0.15) is 5.10 Å². The van der Waals surface area contributed by atoms with Crippen LogP contribution in [0.5, 0.6) is 0 Å². The third kappa shape index (κ3) is 3.35. The second-order valence-electron chi connectivity index (χ2n) is 4.95. The van der Waals surface area contributed by atoms with Crippen molar-refractivity contribution in [1.29, 1.82) is 0 Å². The predicted octanol–water partition coefficient (Wildman–Crippen LogP) is 1.55. The molecule has 0 unspecified atom stereocenters. The van der Waals surface area contributed by atoms with Gasteiger partial charge in [-0.25, -0.2) is 9.67 Å². The molecular weight excluding hydrogens is 214 g/mol. The molecule has 1 N–H and O–H groups in total. The molecule has 0 saturated heterocycles. The van der Waals surface area contributed by atoms with Crippen LogP contribution in [0.3, 0.4) is 0 Å². The molecule has 0 saturated carbocycles. The van der Waals surface area contributed by atoms with Crippen molar-refractivity contribution in [2.24, 2.45) is 0 Å². The van der Waals surface area contributed by atoms with E-state index in [2.05, 4.69) is 41.2 Å². The molecule has 17 heavy (non-hydrogen) atoms. The van der Waals surface area contributed by atoms with E-state index >= 15 is 0 Å². The van der Waals surface area contributed by atoms with Crippen LogP contribution in [0.1, 0.15) is 26.5 Å². The topological polar surface area (TPSA) is 55.6 Å². The standard InChI is InChI=1S/C12H17N5/c1-12(2,3)15-7-10-6-11(4-5-14-10)17-9-13-8-16-17/h4-6,8-9,15H,7H2,1-3H3. The van der Waals surface area contributed by atoms with Crippen molar-refractivity contribution in [1.82, 2.24) is 25.1 Å². The van der Waals surface area contributed by atoms with Gasteiger partial charge in [-0.3, -0.25) is 4.98 Å². The summed E-state index contributed by atoms with van der Waals surface area (Å²) in [5, 5.41) is 7.50. The monoisotopic (exact) mass is 231 g/mol. The molecule has 0 aliphatic carbocycles. The Morgan fingerprint density at radius 2 is 2.18 bits per heavy atom. The van der Waals surface area contributed by atoms with Gasteiger partial charge in [0, 0.05) is 18.3 Å². The summed E-state index contributed by atoms with van der Waals surface area (Å²) in [7, 11) is 0. The molecule has 0 spiro atoms. The first-order chi connectivity index (χ1) is 8.04. The average Bonchev–Trinajstić information content (AvgIpc) is 2.79. The Labute approximate surface area is 101 Å². The van der Waals surface area contributed by atoms with Gasteiger partial charge in [0.2, 0.25) is 0 Å². The number of hydrogen-bond donors (Lipinski definition) is 1. The summed E-state index contributed by atoms with van der Waals surface area (Å²) in [6.45, 7) is 7.14. The Kier molecular flexibility index (Phi) is 3.19. The molecule has 2 heterocycles. The smallest absolute Gasteiger partial charge is 0.138 e. The van der Waals surface area contributed by atoms with Crippen molar-refractivity contribution in [3.63, 3.8) is 0 Å². The first-order valence-electron chi connectivity index (χ1n) is 5.59. The van der Waals surface area contributed by atoms with Crippen LogP contribution in [0.15, 0.2) is 31.0 Å². The van der Waals surface area contributed by atoms with Crippen LogP contribution in [0.25, 0.3) is 5.69 Å². The minimum atomic E-state index is 0.0882. The van der Waals surface area contributed by atoms with Crippen LogP contribution < -0.4 is 5.32 Å². The highest BCUT2D eigenvalue weighted by Crippen LogP contribution is 2.07. The maximum absolute atomic E-state index is 4.33. The van der Waals surface area contributed by atoms with Crippen molar-refractivity contribution in [3.8, 4) is 5.69 Å². The molecule has 2 rings (SSSR count). The molecule has 0 bridgehead atoms. The van der Waals surface area contributed by atoms with Crippen LogP contribution in [-0.2, 0) is 6.54 Å². The fourth-order valence-corrected chi connectivity index (χ4v) is 1.40. The summed E-state index contributed by atoms with van der Waals surface area (Å²) in [5.41, 5.74) is 2.06. The number of pyridine rings is 1. The average molecular weight is 231 g/mol. The van der Waals surface area contributed by atoms with Crippen molar-refractivity contribution in [2.75, 3.05) is 0 Å². The molecule has 5 nitrogen and oxygen atoms in total. The van der Waals surface area contributed by atoms with E-state index in [0.717, 1.165) is 17.9 Å². The van der Waals surface area contributed by atoms with Gasteiger partial charge in [0.1, 0.15) is 12.7 Å². The zero-order chi connectivity index (χ0) is 12.3. The van der Waals surface area contributed by atoms with E-state index in [1.165, 1.54) is 6.33 Å². The lowest BCUT2D eigenvalue weighted by Crippen LogP contribution is -2.35. The van der Waals surface area contributed by atoms with E-state index in [4.69, 9.17) is 0 Å². The number of nitrogens with zero attached hydrogens (tertiary/aromatic N) is 4. The zero-order valence-corrected chi connectivity index (χ0v) is 10.4. The summed E-state index contributed by atoms with van der Waals surface area (Å²) in [6, 6.07) is 3.92. The zero-order valence-electron chi connectivity index (χ0n) is 10.4. The van der Waals surface area contributed by atoms with Crippen molar-refractivity contribution in [2.45, 2.75) is 32.9 Å². The van der Waals surface area contributed by atoms with Crippen LogP contribution >= 0.6 is 0 Å². The second-order valence-corrected chi connectivity index (χ2v) is 4.95. The molecule has 0 aromatic carbocycles. The lowest BCUT2D eigenvalue weighted by molar-refractivity contribution is 0.421. The number of aromatic nitrogens is 4. The van der Waals surface area contributed by atoms with Gasteiger partial charge in [-0.1, -0.05) is 0 Å². The van der Waals surface area contributed by atoms with Crippen LogP contribution in [0, 0.1) is 0 Å². The van der Waals surface area contributed by atoms with Crippen molar-refractivity contribution in [3.05, 3.63) is 36.7 Å². The van der Waals surface area contributed by atoms with Crippen LogP contribution in [0.4, 0.5) is 0 Å². The fourth-order valence-electron chi connectivity index (χ4n) is 1.40. The molecule has 0 radical (unpaired) electrons. The summed E-state index contributed by atoms with van der Waals surface area (Å²) < 4.78 is 1.72. The molecule has 5 heteroatoms. The number of rotatable bonds is 3. The maximum Gasteiger partial charge on any atom is 0.138 e. The lowest BCUT2D eigenvalue weighted by Gasteiger charge is -2.20. The Morgan fingerprint density at radius 1 is 1.35 bits per heavy atom. The van der Waals surface area contributed by atoms with Crippen molar-refractivity contribution >= 4 is 0 Å². The lowest BCUT2D eigenvalue weighted by atomic mass is 10.1. The molecule has 0 amide bonds. The van der Waals surface area contributed by atoms with Gasteiger partial charge in [0.25, 0.3) is 0 Å². The Balaban J connectivity index is 2.12. The normalized spacial score (nSPS) is 11.7. The van der Waals surface area contributed by atoms with E-state index in [1.54, 1.807) is 17.2 Å². The predicted molar refractivity (Wildman–Crippen MR) is 65.7 cm³/mol. The minimum Gasteiger partial charge on any atom is -0.306 e. The molecule has 2 aromatic rings. The van der Waals surface area contributed by atoms with Gasteiger partial charge in [-0.05, 0) is 32.9 Å². The van der Waals surface area contributed by atoms with E-state index in [-0.39, 0.29) is 5.54 Å². The van der Waals surface area contributed by atoms with Gasteiger partial charge >= 0.3 is 0 Å². The largest absolute Gasteiger partial charge is 0.306 e. The molecule has 0 aliphatic heterocycles. The van der Waals surface area contributed by atoms with E-state index in [1.807, 2.05) is 12.1 Å². The van der Waals surface area contributed by atoms with Gasteiger partial charge in [-0.15, -0.1) is 0 Å². The number of nitrogens with one attached hydrogen (secondary N) is 1. The quantitative estimate of drug-likeness (QED) is 0.870. The molecule has 0 fully saturated rings. The third-order valence-corrected chi connectivity index (χ3v) is 2.28. The highest BCUT2D eigenvalue weighted by atomic mass is 15.3. The van der Waals surface area contributed by atoms with Crippen LogP contribution in [-0.4, -0.2) is 25.3 Å². The summed E-state index contributed by atoms with van der Waals surface area (Å²) in [4.78, 5) is 8.26. The fraction of sp³-hybridized carbons (Fsp3) is 0.417. The minimum absolute atomic E-state index is 0.0882. The molecule has 2 aromatic heterocycles. The SMILES string of the molecule is CC(C)(C)NCc1cc(-n2cncn2)ccn1. The third-order valence-electron chi connectivity index (χ3n) is 2.28. The Morgan fingerprint density at radius 3 is 2.82 bits per heavy atom. The Bertz CT molecular complexity index is 470. The molecular formula is C12H17N5. The molecule has 0 aliphatic rings. The summed E-state index contributed by atoms with van der Waals surface area (Å²) in [5.74, 6) is 0. The molecule has 0 atom stereocenters. The van der Waals surface area contributed by atoms with E-state index < -0.39 is 0 Å². The molecule has 90 valence electrons. The maximum atomic E-state index is 4.33. The Hall–Kier alpha value is -1.75. The second kappa shape index (κ2) is 4.63. The van der Waals surface area contributed by atoms with Gasteiger partial charge < -0.3 is 5.32 Å². The first kappa shape index (κ1) is 11.7. The van der Waals surface area contributed by atoms with Gasteiger partial charge in [0.05, 0.1) is 11.4 Å².